The van der Waals surface area contributed by atoms with Crippen molar-refractivity contribution < 1.29 is 68.0 Å². The molecule has 9 aromatic carbocycles. The summed E-state index contributed by atoms with van der Waals surface area (Å²) >= 11 is 18.1. The fraction of sp³-hybridized carbons (Fsp3) is 0.319. The molecule has 5 amide bonds. The first-order valence-electron chi connectivity index (χ1n) is 38.9. The minimum Gasteiger partial charge on any atom is -0.377 e. The maximum Gasteiger partial charge on any atom is 0.250 e. The number of fused-ring (bicyclic) bond motifs is 3. The molecular formula is C91H99Cl4FN8O14S3. The van der Waals surface area contributed by atoms with Crippen molar-refractivity contribution in [1.29, 1.82) is 0 Å². The summed E-state index contributed by atoms with van der Waals surface area (Å²) in [5.74, 6) is -6.34. The fourth-order valence-electron chi connectivity index (χ4n) is 14.1. The highest BCUT2D eigenvalue weighted by Crippen LogP contribution is 2.42. The Bertz CT molecular complexity index is 5690. The molecule has 0 saturated heterocycles. The molecule has 12 rings (SSSR count). The van der Waals surface area contributed by atoms with Crippen LogP contribution in [-0.2, 0) is 92.4 Å². The summed E-state index contributed by atoms with van der Waals surface area (Å²) in [6.45, 7) is 11.2. The van der Waals surface area contributed by atoms with Crippen LogP contribution in [0.15, 0.2) is 215 Å². The largest absolute Gasteiger partial charge is 0.377 e. The van der Waals surface area contributed by atoms with Gasteiger partial charge in [0.15, 0.2) is 46.9 Å². The number of aryl methyl sites for hydroxylation is 3. The Morgan fingerprint density at radius 3 is 1.00 bits per heavy atom. The third-order valence-electron chi connectivity index (χ3n) is 20.1. The fourth-order valence-corrected chi connectivity index (χ4v) is 19.3. The Labute approximate surface area is 728 Å². The summed E-state index contributed by atoms with van der Waals surface area (Å²) < 4.78 is 96.7. The number of amides is 5. The monoisotopic (exact) mass is 1780 g/mol. The molecule has 0 aromatic heterocycles. The van der Waals surface area contributed by atoms with Crippen molar-refractivity contribution in [3.8, 4) is 0 Å². The number of nitrogens with two attached hydrogens (primary N) is 1. The van der Waals surface area contributed by atoms with Crippen LogP contribution in [0.2, 0.25) is 15.1 Å². The smallest absolute Gasteiger partial charge is 0.250 e. The molecule has 0 radical (unpaired) electrons. The minimum absolute atomic E-state index is 0. The van der Waals surface area contributed by atoms with Crippen LogP contribution in [0.3, 0.4) is 0 Å². The first kappa shape index (κ1) is 94.7. The zero-order valence-corrected chi connectivity index (χ0v) is 74.4. The molecule has 3 atom stereocenters. The molecule has 0 spiro atoms. The Kier molecular flexibility index (Phi) is 31.5. The summed E-state index contributed by atoms with van der Waals surface area (Å²) in [4.78, 5) is 114. The van der Waals surface area contributed by atoms with E-state index in [1.54, 1.807) is 111 Å². The number of halogens is 5. The van der Waals surface area contributed by atoms with E-state index in [1.165, 1.54) is 39.0 Å². The predicted octanol–water partition coefficient (Wildman–Crippen LogP) is 15.3. The number of hydrogen-bond acceptors (Lipinski definition) is 17. The van der Waals surface area contributed by atoms with Gasteiger partial charge in [-0.3, -0.25) is 38.4 Å². The van der Waals surface area contributed by atoms with E-state index in [1.807, 2.05) is 133 Å². The maximum atomic E-state index is 15.3. The van der Waals surface area contributed by atoms with Crippen LogP contribution in [0.4, 0.5) is 32.8 Å². The molecule has 0 aliphatic carbocycles. The molecule has 121 heavy (non-hydrogen) atoms. The van der Waals surface area contributed by atoms with E-state index < -0.39 is 116 Å². The van der Waals surface area contributed by atoms with Crippen molar-refractivity contribution in [2.45, 2.75) is 145 Å². The SMILES string of the molecule is CC(C)(C)CC(=O)N[C@H]1CS(=O)(=O)c2cc(F)c(C(=O)CCc3ccccc3)cc2N(Cc2ccc(Cl)cc2)C1=O.CN(C)c1cc2c(cc1C(=O)CCc1ccccc1)N(Cc1ccc(Cl)cc1)C(=O)[C@@H](N)CS2(=O)=O.CN(C)c1cc2c(cc1C(=O)CCc1ccccc1)N(Cc1ccc(Cl)cc1)C(=O)[C@@H](NC(=O)CC(C)(C)C)CS2(=O)=O.Cl. The van der Waals surface area contributed by atoms with Gasteiger partial charge in [-0.15, -0.1) is 12.4 Å². The van der Waals surface area contributed by atoms with Crippen LogP contribution in [0.1, 0.15) is 138 Å². The van der Waals surface area contributed by atoms with Gasteiger partial charge in [0.1, 0.15) is 17.9 Å². The lowest BCUT2D eigenvalue weighted by Crippen LogP contribution is -2.50. The first-order valence-corrected chi connectivity index (χ1v) is 45.0. The van der Waals surface area contributed by atoms with Crippen molar-refractivity contribution in [3.05, 3.63) is 271 Å². The number of Topliss-reactive ketones (excluding diaryl/α,β-unsaturated/α-hetero) is 3. The van der Waals surface area contributed by atoms with E-state index in [9.17, 15) is 63.6 Å². The minimum atomic E-state index is -4.25. The topological polar surface area (TPSA) is 305 Å². The average Bonchev–Trinajstić information content (AvgIpc) is 1.65. The summed E-state index contributed by atoms with van der Waals surface area (Å²) in [6.07, 6.45) is 2.03. The molecule has 0 fully saturated rings. The van der Waals surface area contributed by atoms with Crippen molar-refractivity contribution in [1.82, 2.24) is 10.6 Å². The lowest BCUT2D eigenvalue weighted by atomic mass is 9.92. The van der Waals surface area contributed by atoms with Crippen LogP contribution in [0, 0.1) is 16.6 Å². The molecule has 30 heteroatoms. The van der Waals surface area contributed by atoms with Crippen molar-refractivity contribution >= 4 is 152 Å². The van der Waals surface area contributed by atoms with Gasteiger partial charge >= 0.3 is 0 Å². The van der Waals surface area contributed by atoms with Gasteiger partial charge in [0.25, 0.3) is 11.8 Å². The quantitative estimate of drug-likeness (QED) is 0.0473. The van der Waals surface area contributed by atoms with Gasteiger partial charge in [-0.05, 0) is 136 Å². The van der Waals surface area contributed by atoms with Gasteiger partial charge in [-0.2, -0.15) is 0 Å². The number of nitrogens with one attached hydrogen (secondary N) is 2. The molecular weight excluding hydrogens is 1690 g/mol. The van der Waals surface area contributed by atoms with Gasteiger partial charge in [-0.25, -0.2) is 29.6 Å². The number of carbonyl (C=O) groups is 8. The molecule has 0 unspecified atom stereocenters. The van der Waals surface area contributed by atoms with Crippen LogP contribution >= 0.6 is 47.2 Å². The number of carbonyl (C=O) groups excluding carboxylic acids is 8. The van der Waals surface area contributed by atoms with Crippen LogP contribution in [-0.4, -0.2) is 136 Å². The lowest BCUT2D eigenvalue weighted by Gasteiger charge is -2.28. The van der Waals surface area contributed by atoms with Gasteiger partial charge in [0, 0.05) is 97.9 Å². The molecule has 3 heterocycles. The number of ketones is 3. The van der Waals surface area contributed by atoms with Gasteiger partial charge in [0.05, 0.1) is 80.2 Å². The standard InChI is InChI=1S/C33H38ClN3O5S.C31H32ClFN2O5S.C27H28ClN3O4S.ClH/c1-33(2,3)19-31(39)35-26-21-43(41,42)30-18-27(36(4)5)25(29(38)16-13-22-9-7-6-8-10-22)17-28(30)37(32(26)40)20-23-11-14-24(34)15-12-23;1-31(2,3)17-29(37)34-25-19-41(39,40)28-16-24(33)23(27(36)14-11-20-7-5-4-6-8-20)15-26(28)35(30(25)38)18-21-9-12-22(32)13-10-21;1-30(2)23-15-26-24(14-21(23)25(32)13-10-18-6-4-3-5-7-18)31(16-19-8-11-20(28)12-9-19)27(33)22(29)17-36(26,34)35;/h6-12,14-15,17-18,26H,13,16,19-21H2,1-5H3,(H,35,39);4-10,12-13,15-16,25H,11,14,17-19H2,1-3H3,(H,34,37);3-9,11-12,14-15,22H,10,13,16-17,29H2,1-2H3;1H/t26-;25-;22-;/m000./s1. The third-order valence-corrected chi connectivity index (χ3v) is 26.2. The molecule has 640 valence electrons. The molecule has 0 bridgehead atoms. The van der Waals surface area contributed by atoms with Gasteiger partial charge < -0.3 is 40.9 Å². The third kappa shape index (κ3) is 25.0. The van der Waals surface area contributed by atoms with E-state index in [4.69, 9.17) is 40.5 Å². The predicted molar refractivity (Wildman–Crippen MR) is 477 cm³/mol. The molecule has 22 nitrogen and oxygen atoms in total. The second kappa shape index (κ2) is 40.2. The van der Waals surface area contributed by atoms with Crippen LogP contribution in [0.5, 0.6) is 0 Å². The van der Waals surface area contributed by atoms with Gasteiger partial charge in [0.2, 0.25) is 17.7 Å². The second-order valence-corrected chi connectivity index (χ2v) is 40.1. The molecule has 3 aliphatic rings. The molecule has 9 aromatic rings. The number of nitrogens with zero attached hydrogens (tertiary/aromatic N) is 5. The number of hydrogen-bond donors (Lipinski definition) is 3. The summed E-state index contributed by atoms with van der Waals surface area (Å²) in [7, 11) is -5.23. The first-order chi connectivity index (χ1) is 56.4. The zero-order chi connectivity index (χ0) is 87.5. The molecule has 3 aliphatic heterocycles. The Balaban J connectivity index is 0.000000206. The normalized spacial score (nSPS) is 16.4. The lowest BCUT2D eigenvalue weighted by molar-refractivity contribution is -0.128. The maximum absolute atomic E-state index is 15.3. The summed E-state index contributed by atoms with van der Waals surface area (Å²) in [5.41, 5.74) is 11.7. The average molecular weight is 1790 g/mol. The van der Waals surface area contributed by atoms with Crippen LogP contribution in [0.25, 0.3) is 0 Å². The molecule has 0 saturated carbocycles. The number of sulfone groups is 3. The second-order valence-electron chi connectivity index (χ2n) is 32.8. The zero-order valence-electron chi connectivity index (χ0n) is 68.9. The van der Waals surface area contributed by atoms with E-state index in [2.05, 4.69) is 10.6 Å². The van der Waals surface area contributed by atoms with E-state index >= 15 is 4.39 Å². The Morgan fingerprint density at radius 1 is 0.413 bits per heavy atom. The number of rotatable bonds is 24. The highest BCUT2D eigenvalue weighted by molar-refractivity contribution is 7.92. The van der Waals surface area contributed by atoms with Crippen LogP contribution < -0.4 is 40.9 Å². The summed E-state index contributed by atoms with van der Waals surface area (Å²) in [6, 6.07) is 53.0. The Hall–Kier alpha value is -10.2. The van der Waals surface area contributed by atoms with Gasteiger partial charge in [-0.1, -0.05) is 204 Å². The molecule has 4 N–H and O–H groups in total. The number of benzene rings is 9. The Morgan fingerprint density at radius 2 is 0.694 bits per heavy atom. The van der Waals surface area contributed by atoms with E-state index in [0.29, 0.717) is 68.0 Å². The highest BCUT2D eigenvalue weighted by atomic mass is 35.5. The number of anilines is 5. The van der Waals surface area contributed by atoms with E-state index in [0.717, 1.165) is 34.4 Å². The van der Waals surface area contributed by atoms with Crippen molar-refractivity contribution in [2.75, 3.05) is 69.9 Å². The summed E-state index contributed by atoms with van der Waals surface area (Å²) in [5, 5.41) is 6.80. The van der Waals surface area contributed by atoms with Crippen molar-refractivity contribution in [3.63, 3.8) is 0 Å². The highest BCUT2D eigenvalue weighted by Gasteiger charge is 2.44. The van der Waals surface area contributed by atoms with E-state index in [-0.39, 0.29) is 114 Å². The van der Waals surface area contributed by atoms with Crippen molar-refractivity contribution in [2.24, 2.45) is 16.6 Å².